The Kier molecular flexibility index (Phi) is 3.01. The van der Waals surface area contributed by atoms with Gasteiger partial charge in [0, 0.05) is 30.9 Å². The number of nitrogens with two attached hydrogens (primary N) is 1. The van der Waals surface area contributed by atoms with E-state index in [4.69, 9.17) is 5.73 Å². The van der Waals surface area contributed by atoms with Gasteiger partial charge < -0.3 is 10.3 Å². The molecule has 0 bridgehead atoms. The molecule has 0 atom stereocenters. The molecule has 0 fully saturated rings. The van der Waals surface area contributed by atoms with E-state index in [0.717, 1.165) is 17.9 Å². The highest BCUT2D eigenvalue weighted by molar-refractivity contribution is 5.42. The Labute approximate surface area is 93.7 Å². The number of aryl methyl sites for hydroxylation is 1. The molecule has 0 aliphatic rings. The molecule has 84 valence electrons. The minimum Gasteiger partial charge on any atom is -0.326 e. The molecule has 0 amide bonds. The minimum absolute atomic E-state index is 0.184. The third-order valence-corrected chi connectivity index (χ3v) is 2.59. The number of benzene rings is 1. The van der Waals surface area contributed by atoms with Crippen LogP contribution < -0.4 is 5.73 Å². The Morgan fingerprint density at radius 1 is 1.44 bits per heavy atom. The number of halogens is 1. The summed E-state index contributed by atoms with van der Waals surface area (Å²) in [6.07, 6.45) is 4.34. The van der Waals surface area contributed by atoms with Crippen LogP contribution in [0, 0.1) is 5.82 Å². The standard InChI is InChI=1S/C12H14FN3/c1-2-12-15-6-7-16(12)11-5-3-4-10(13)9(11)8-14/h3-7H,2,8,14H2,1H3. The maximum Gasteiger partial charge on any atom is 0.129 e. The Balaban J connectivity index is 2.60. The molecule has 4 heteroatoms. The van der Waals surface area contributed by atoms with E-state index in [1.54, 1.807) is 12.3 Å². The summed E-state index contributed by atoms with van der Waals surface area (Å²) in [4.78, 5) is 4.22. The summed E-state index contributed by atoms with van der Waals surface area (Å²) in [5.74, 6) is 0.635. The average molecular weight is 219 g/mol. The van der Waals surface area contributed by atoms with Gasteiger partial charge in [-0.25, -0.2) is 9.37 Å². The zero-order valence-corrected chi connectivity index (χ0v) is 9.15. The van der Waals surface area contributed by atoms with E-state index in [0.29, 0.717) is 5.56 Å². The molecule has 0 aliphatic heterocycles. The summed E-state index contributed by atoms with van der Waals surface area (Å²) in [5.41, 5.74) is 6.87. The first-order valence-corrected chi connectivity index (χ1v) is 5.28. The molecular formula is C12H14FN3. The Hall–Kier alpha value is -1.68. The molecule has 3 nitrogen and oxygen atoms in total. The molecule has 2 rings (SSSR count). The van der Waals surface area contributed by atoms with Crippen LogP contribution in [0.1, 0.15) is 18.3 Å². The van der Waals surface area contributed by atoms with Gasteiger partial charge in [-0.15, -0.1) is 0 Å². The largest absolute Gasteiger partial charge is 0.326 e. The molecule has 0 aliphatic carbocycles. The third-order valence-electron chi connectivity index (χ3n) is 2.59. The van der Waals surface area contributed by atoms with Crippen LogP contribution in [-0.2, 0) is 13.0 Å². The number of imidazole rings is 1. The van der Waals surface area contributed by atoms with Crippen LogP contribution in [0.2, 0.25) is 0 Å². The van der Waals surface area contributed by atoms with E-state index in [2.05, 4.69) is 4.98 Å². The summed E-state index contributed by atoms with van der Waals surface area (Å²) < 4.78 is 15.4. The SMILES string of the molecule is CCc1nccn1-c1cccc(F)c1CN. The predicted octanol–water partition coefficient (Wildman–Crippen LogP) is 2.03. The topological polar surface area (TPSA) is 43.8 Å². The molecule has 2 N–H and O–H groups in total. The number of aromatic nitrogens is 2. The highest BCUT2D eigenvalue weighted by atomic mass is 19.1. The molecule has 1 aromatic carbocycles. The number of hydrogen-bond acceptors (Lipinski definition) is 2. The van der Waals surface area contributed by atoms with E-state index in [9.17, 15) is 4.39 Å². The predicted molar refractivity (Wildman–Crippen MR) is 60.8 cm³/mol. The van der Waals surface area contributed by atoms with E-state index >= 15 is 0 Å². The number of hydrogen-bond donors (Lipinski definition) is 1. The molecule has 0 spiro atoms. The molecule has 0 saturated heterocycles. The minimum atomic E-state index is -0.268. The Morgan fingerprint density at radius 3 is 2.94 bits per heavy atom. The quantitative estimate of drug-likeness (QED) is 0.858. The zero-order chi connectivity index (χ0) is 11.5. The van der Waals surface area contributed by atoms with Crippen molar-refractivity contribution in [2.24, 2.45) is 5.73 Å². The first-order chi connectivity index (χ1) is 7.77. The summed E-state index contributed by atoms with van der Waals surface area (Å²) in [6, 6.07) is 4.96. The first kappa shape index (κ1) is 10.8. The van der Waals surface area contributed by atoms with Gasteiger partial charge in [-0.1, -0.05) is 13.0 Å². The van der Waals surface area contributed by atoms with Crippen LogP contribution in [0.25, 0.3) is 5.69 Å². The second kappa shape index (κ2) is 4.45. The van der Waals surface area contributed by atoms with Gasteiger partial charge in [0.2, 0.25) is 0 Å². The molecule has 1 aromatic heterocycles. The molecule has 0 radical (unpaired) electrons. The monoisotopic (exact) mass is 219 g/mol. The first-order valence-electron chi connectivity index (χ1n) is 5.28. The van der Waals surface area contributed by atoms with Crippen molar-refractivity contribution in [3.63, 3.8) is 0 Å². The highest BCUT2D eigenvalue weighted by Gasteiger charge is 2.10. The van der Waals surface area contributed by atoms with Gasteiger partial charge in [0.25, 0.3) is 0 Å². The fraction of sp³-hybridized carbons (Fsp3) is 0.250. The van der Waals surface area contributed by atoms with Crippen molar-refractivity contribution in [1.82, 2.24) is 9.55 Å². The maximum absolute atomic E-state index is 13.6. The molecule has 0 saturated carbocycles. The second-order valence-corrected chi connectivity index (χ2v) is 3.51. The van der Waals surface area contributed by atoms with Crippen LogP contribution in [0.4, 0.5) is 4.39 Å². The van der Waals surface area contributed by atoms with Gasteiger partial charge in [0.15, 0.2) is 0 Å². The van der Waals surface area contributed by atoms with Crippen molar-refractivity contribution in [3.05, 3.63) is 47.8 Å². The lowest BCUT2D eigenvalue weighted by Crippen LogP contribution is -2.08. The summed E-state index contributed by atoms with van der Waals surface area (Å²) in [5, 5.41) is 0. The van der Waals surface area contributed by atoms with Crippen LogP contribution in [0.5, 0.6) is 0 Å². The smallest absolute Gasteiger partial charge is 0.129 e. The Bertz CT molecular complexity index is 491. The van der Waals surface area contributed by atoms with Gasteiger partial charge >= 0.3 is 0 Å². The third kappa shape index (κ3) is 1.72. The fourth-order valence-corrected chi connectivity index (χ4v) is 1.79. The summed E-state index contributed by atoms with van der Waals surface area (Å²) in [6.45, 7) is 2.20. The van der Waals surface area contributed by atoms with Crippen molar-refractivity contribution in [2.75, 3.05) is 0 Å². The van der Waals surface area contributed by atoms with Crippen LogP contribution >= 0.6 is 0 Å². The lowest BCUT2D eigenvalue weighted by atomic mass is 10.1. The second-order valence-electron chi connectivity index (χ2n) is 3.51. The van der Waals surface area contributed by atoms with Crippen molar-refractivity contribution in [3.8, 4) is 5.69 Å². The molecule has 1 heterocycles. The molecule has 0 unspecified atom stereocenters. The van der Waals surface area contributed by atoms with E-state index in [1.807, 2.05) is 23.8 Å². The molecule has 16 heavy (non-hydrogen) atoms. The lowest BCUT2D eigenvalue weighted by Gasteiger charge is -2.11. The summed E-state index contributed by atoms with van der Waals surface area (Å²) >= 11 is 0. The van der Waals surface area contributed by atoms with E-state index in [-0.39, 0.29) is 12.4 Å². The highest BCUT2D eigenvalue weighted by Crippen LogP contribution is 2.19. The van der Waals surface area contributed by atoms with Gasteiger partial charge in [-0.3, -0.25) is 0 Å². The van der Waals surface area contributed by atoms with E-state index < -0.39 is 0 Å². The van der Waals surface area contributed by atoms with Gasteiger partial charge in [-0.05, 0) is 12.1 Å². The fourth-order valence-electron chi connectivity index (χ4n) is 1.79. The van der Waals surface area contributed by atoms with Gasteiger partial charge in [0.05, 0.1) is 5.69 Å². The molecule has 2 aromatic rings. The lowest BCUT2D eigenvalue weighted by molar-refractivity contribution is 0.608. The molecular weight excluding hydrogens is 205 g/mol. The Morgan fingerprint density at radius 2 is 2.25 bits per heavy atom. The van der Waals surface area contributed by atoms with Crippen molar-refractivity contribution < 1.29 is 4.39 Å². The van der Waals surface area contributed by atoms with Crippen LogP contribution in [-0.4, -0.2) is 9.55 Å². The van der Waals surface area contributed by atoms with Crippen LogP contribution in [0.15, 0.2) is 30.6 Å². The number of rotatable bonds is 3. The van der Waals surface area contributed by atoms with Gasteiger partial charge in [-0.2, -0.15) is 0 Å². The normalized spacial score (nSPS) is 10.7. The zero-order valence-electron chi connectivity index (χ0n) is 9.15. The van der Waals surface area contributed by atoms with Gasteiger partial charge in [0.1, 0.15) is 11.6 Å². The number of nitrogens with zero attached hydrogens (tertiary/aromatic N) is 2. The van der Waals surface area contributed by atoms with Crippen molar-refractivity contribution >= 4 is 0 Å². The van der Waals surface area contributed by atoms with Crippen molar-refractivity contribution in [1.29, 1.82) is 0 Å². The van der Waals surface area contributed by atoms with Crippen LogP contribution in [0.3, 0.4) is 0 Å². The summed E-state index contributed by atoms with van der Waals surface area (Å²) in [7, 11) is 0. The van der Waals surface area contributed by atoms with E-state index in [1.165, 1.54) is 6.07 Å². The maximum atomic E-state index is 13.6. The average Bonchev–Trinajstić information content (AvgIpc) is 2.76. The van der Waals surface area contributed by atoms with Crippen molar-refractivity contribution in [2.45, 2.75) is 19.9 Å².